The number of likely N-dealkylation sites (N-methyl/N-ethyl adjacent to an activating group) is 1. The lowest BCUT2D eigenvalue weighted by atomic mass is 10.3. The number of nitrogens with zero attached hydrogens (tertiary/aromatic N) is 2. The second-order valence-corrected chi connectivity index (χ2v) is 4.01. The van der Waals surface area contributed by atoms with Crippen LogP contribution in [0.4, 0.5) is 0 Å². The standard InChI is InChI=1S/C12H23N3O/c1-5-15(6-2)8-7-13-11(4)12-14-9-10(3)16-12/h9,11,13H,5-8H2,1-4H3. The molecule has 1 rings (SSSR count). The quantitative estimate of drug-likeness (QED) is 0.770. The molecule has 0 radical (unpaired) electrons. The number of oxazole rings is 1. The van der Waals surface area contributed by atoms with Crippen LogP contribution in [-0.2, 0) is 0 Å². The molecule has 0 bridgehead atoms. The van der Waals surface area contributed by atoms with E-state index >= 15 is 0 Å². The Balaban J connectivity index is 2.27. The summed E-state index contributed by atoms with van der Waals surface area (Å²) in [6.45, 7) is 12.6. The smallest absolute Gasteiger partial charge is 0.211 e. The first-order chi connectivity index (χ1) is 7.67. The van der Waals surface area contributed by atoms with Gasteiger partial charge in [-0.3, -0.25) is 0 Å². The van der Waals surface area contributed by atoms with E-state index in [-0.39, 0.29) is 6.04 Å². The second kappa shape index (κ2) is 6.66. The molecule has 4 heteroatoms. The van der Waals surface area contributed by atoms with Crippen molar-refractivity contribution >= 4 is 0 Å². The lowest BCUT2D eigenvalue weighted by molar-refractivity contribution is 0.292. The van der Waals surface area contributed by atoms with Gasteiger partial charge in [-0.15, -0.1) is 0 Å². The molecular formula is C12H23N3O. The molecule has 4 nitrogen and oxygen atoms in total. The zero-order chi connectivity index (χ0) is 12.0. The largest absolute Gasteiger partial charge is 0.444 e. The topological polar surface area (TPSA) is 41.3 Å². The summed E-state index contributed by atoms with van der Waals surface area (Å²) < 4.78 is 5.47. The van der Waals surface area contributed by atoms with Crippen LogP contribution in [0.15, 0.2) is 10.6 Å². The molecular weight excluding hydrogens is 202 g/mol. The Hall–Kier alpha value is -0.870. The Morgan fingerprint density at radius 3 is 2.62 bits per heavy atom. The third kappa shape index (κ3) is 3.94. The fraction of sp³-hybridized carbons (Fsp3) is 0.750. The number of nitrogens with one attached hydrogen (secondary N) is 1. The first-order valence-corrected chi connectivity index (χ1v) is 6.05. The summed E-state index contributed by atoms with van der Waals surface area (Å²) in [7, 11) is 0. The minimum Gasteiger partial charge on any atom is -0.444 e. The van der Waals surface area contributed by atoms with E-state index in [1.54, 1.807) is 6.20 Å². The number of aryl methyl sites for hydroxylation is 1. The highest BCUT2D eigenvalue weighted by Gasteiger charge is 2.10. The molecule has 0 saturated heterocycles. The molecule has 0 amide bonds. The Bertz CT molecular complexity index is 294. The van der Waals surface area contributed by atoms with Crippen molar-refractivity contribution in [2.45, 2.75) is 33.7 Å². The van der Waals surface area contributed by atoms with Crippen molar-refractivity contribution in [1.29, 1.82) is 0 Å². The van der Waals surface area contributed by atoms with Crippen LogP contribution in [0.5, 0.6) is 0 Å². The maximum atomic E-state index is 5.47. The summed E-state index contributed by atoms with van der Waals surface area (Å²) in [6, 6.07) is 0.185. The van der Waals surface area contributed by atoms with E-state index in [0.717, 1.165) is 37.8 Å². The summed E-state index contributed by atoms with van der Waals surface area (Å²) in [6.07, 6.45) is 1.76. The normalized spacial score (nSPS) is 13.3. The molecule has 16 heavy (non-hydrogen) atoms. The van der Waals surface area contributed by atoms with Crippen molar-refractivity contribution in [3.8, 4) is 0 Å². The number of hydrogen-bond donors (Lipinski definition) is 1. The van der Waals surface area contributed by atoms with Crippen LogP contribution in [0.2, 0.25) is 0 Å². The van der Waals surface area contributed by atoms with Crippen molar-refractivity contribution in [2.24, 2.45) is 0 Å². The molecule has 1 unspecified atom stereocenters. The predicted molar refractivity (Wildman–Crippen MR) is 65.4 cm³/mol. The number of aromatic nitrogens is 1. The summed E-state index contributed by atoms with van der Waals surface area (Å²) in [5, 5.41) is 3.41. The van der Waals surface area contributed by atoms with Crippen LogP contribution in [-0.4, -0.2) is 36.1 Å². The molecule has 0 aromatic carbocycles. The van der Waals surface area contributed by atoms with Gasteiger partial charge in [0.15, 0.2) is 0 Å². The lowest BCUT2D eigenvalue weighted by Gasteiger charge is -2.19. The highest BCUT2D eigenvalue weighted by Crippen LogP contribution is 2.11. The fourth-order valence-electron chi connectivity index (χ4n) is 1.64. The van der Waals surface area contributed by atoms with Gasteiger partial charge >= 0.3 is 0 Å². The van der Waals surface area contributed by atoms with Crippen molar-refractivity contribution in [3.05, 3.63) is 17.8 Å². The summed E-state index contributed by atoms with van der Waals surface area (Å²) in [5.41, 5.74) is 0. The van der Waals surface area contributed by atoms with Gasteiger partial charge in [-0.25, -0.2) is 4.98 Å². The fourth-order valence-corrected chi connectivity index (χ4v) is 1.64. The molecule has 1 N–H and O–H groups in total. The Morgan fingerprint density at radius 2 is 2.12 bits per heavy atom. The van der Waals surface area contributed by atoms with Crippen molar-refractivity contribution in [2.75, 3.05) is 26.2 Å². The highest BCUT2D eigenvalue weighted by molar-refractivity contribution is 4.94. The van der Waals surface area contributed by atoms with Gasteiger partial charge in [0.05, 0.1) is 12.2 Å². The number of rotatable bonds is 7. The lowest BCUT2D eigenvalue weighted by Crippen LogP contribution is -2.33. The summed E-state index contributed by atoms with van der Waals surface area (Å²) >= 11 is 0. The monoisotopic (exact) mass is 225 g/mol. The Kier molecular flexibility index (Phi) is 5.49. The van der Waals surface area contributed by atoms with Crippen molar-refractivity contribution < 1.29 is 4.42 Å². The van der Waals surface area contributed by atoms with Crippen LogP contribution in [0.25, 0.3) is 0 Å². The van der Waals surface area contributed by atoms with Gasteiger partial charge in [-0.2, -0.15) is 0 Å². The Morgan fingerprint density at radius 1 is 1.44 bits per heavy atom. The van der Waals surface area contributed by atoms with Crippen LogP contribution in [0.1, 0.15) is 38.5 Å². The summed E-state index contributed by atoms with van der Waals surface area (Å²) in [5.74, 6) is 1.64. The Labute approximate surface area is 98.0 Å². The van der Waals surface area contributed by atoms with Crippen LogP contribution < -0.4 is 5.32 Å². The van der Waals surface area contributed by atoms with E-state index in [9.17, 15) is 0 Å². The van der Waals surface area contributed by atoms with Crippen molar-refractivity contribution in [3.63, 3.8) is 0 Å². The number of hydrogen-bond acceptors (Lipinski definition) is 4. The van der Waals surface area contributed by atoms with Gasteiger partial charge in [0.1, 0.15) is 5.76 Å². The molecule has 0 aliphatic heterocycles. The van der Waals surface area contributed by atoms with Crippen LogP contribution in [0.3, 0.4) is 0 Å². The zero-order valence-electron chi connectivity index (χ0n) is 10.8. The van der Waals surface area contributed by atoms with Gasteiger partial charge in [0.2, 0.25) is 5.89 Å². The first kappa shape index (κ1) is 13.2. The van der Waals surface area contributed by atoms with E-state index in [1.165, 1.54) is 0 Å². The van der Waals surface area contributed by atoms with Crippen molar-refractivity contribution in [1.82, 2.24) is 15.2 Å². The molecule has 0 spiro atoms. The van der Waals surface area contributed by atoms with Gasteiger partial charge < -0.3 is 14.6 Å². The maximum absolute atomic E-state index is 5.47. The van der Waals surface area contributed by atoms with Gasteiger partial charge in [-0.05, 0) is 26.9 Å². The van der Waals surface area contributed by atoms with E-state index in [4.69, 9.17) is 4.42 Å². The van der Waals surface area contributed by atoms with E-state index in [0.29, 0.717) is 0 Å². The van der Waals surface area contributed by atoms with Gasteiger partial charge in [-0.1, -0.05) is 13.8 Å². The van der Waals surface area contributed by atoms with E-state index in [1.807, 2.05) is 6.92 Å². The minimum absolute atomic E-state index is 0.185. The van der Waals surface area contributed by atoms with E-state index in [2.05, 4.69) is 36.0 Å². The van der Waals surface area contributed by atoms with Gasteiger partial charge in [0.25, 0.3) is 0 Å². The minimum atomic E-state index is 0.185. The molecule has 0 aliphatic carbocycles. The molecule has 1 atom stereocenters. The second-order valence-electron chi connectivity index (χ2n) is 4.01. The molecule has 0 saturated carbocycles. The SMILES string of the molecule is CCN(CC)CCNC(C)c1ncc(C)o1. The molecule has 92 valence electrons. The highest BCUT2D eigenvalue weighted by atomic mass is 16.4. The average Bonchev–Trinajstić information content (AvgIpc) is 2.71. The van der Waals surface area contributed by atoms with Crippen LogP contribution in [0, 0.1) is 6.92 Å². The predicted octanol–water partition coefficient (Wildman–Crippen LogP) is 1.98. The van der Waals surface area contributed by atoms with Crippen LogP contribution >= 0.6 is 0 Å². The molecule has 1 heterocycles. The third-order valence-electron chi connectivity index (χ3n) is 2.78. The molecule has 1 aromatic heterocycles. The molecule has 0 fully saturated rings. The van der Waals surface area contributed by atoms with E-state index < -0.39 is 0 Å². The zero-order valence-corrected chi connectivity index (χ0v) is 10.8. The summed E-state index contributed by atoms with van der Waals surface area (Å²) in [4.78, 5) is 6.60. The molecule has 0 aliphatic rings. The third-order valence-corrected chi connectivity index (χ3v) is 2.78. The van der Waals surface area contributed by atoms with Gasteiger partial charge in [0, 0.05) is 13.1 Å². The molecule has 1 aromatic rings. The average molecular weight is 225 g/mol. The first-order valence-electron chi connectivity index (χ1n) is 6.05. The maximum Gasteiger partial charge on any atom is 0.211 e.